The van der Waals surface area contributed by atoms with Gasteiger partial charge in [-0.1, -0.05) is 30.3 Å². The molecule has 0 bridgehead atoms. The van der Waals surface area contributed by atoms with Crippen molar-refractivity contribution in [3.8, 4) is 0 Å². The van der Waals surface area contributed by atoms with Gasteiger partial charge in [-0.2, -0.15) is 0 Å². The Morgan fingerprint density at radius 3 is 2.19 bits per heavy atom. The topological polar surface area (TPSA) is 84.2 Å². The molecular weight excluding hydrogens is 273 g/mol. The second-order valence-electron chi connectivity index (χ2n) is 4.35. The number of primary amides is 1. The van der Waals surface area contributed by atoms with Crippen LogP contribution in [-0.4, -0.2) is 11.8 Å². The van der Waals surface area contributed by atoms with Crippen molar-refractivity contribution in [2.75, 3.05) is 0 Å². The Morgan fingerprint density at radius 2 is 1.62 bits per heavy atom. The number of carbonyl (C=O) groups excluding carboxylic acids is 2. The first-order valence-electron chi connectivity index (χ1n) is 6.23. The normalized spacial score (nSPS) is 11.7. The first-order valence-corrected chi connectivity index (χ1v) is 6.23. The highest BCUT2D eigenvalue weighted by atomic mass is 19.1. The highest BCUT2D eigenvalue weighted by Gasteiger charge is 2.18. The average molecular weight is 287 g/mol. The molecule has 2 amide bonds. The van der Waals surface area contributed by atoms with E-state index in [2.05, 4.69) is 10.9 Å². The number of benzene rings is 2. The van der Waals surface area contributed by atoms with Gasteiger partial charge >= 0.3 is 0 Å². The van der Waals surface area contributed by atoms with Crippen molar-refractivity contribution in [3.63, 3.8) is 0 Å². The molecule has 21 heavy (non-hydrogen) atoms. The molecule has 0 aliphatic rings. The maximum atomic E-state index is 12.8. The van der Waals surface area contributed by atoms with Crippen molar-refractivity contribution in [1.29, 1.82) is 0 Å². The minimum Gasteiger partial charge on any atom is -0.368 e. The van der Waals surface area contributed by atoms with Crippen LogP contribution in [0.15, 0.2) is 54.6 Å². The molecule has 0 aliphatic carbocycles. The van der Waals surface area contributed by atoms with Crippen LogP contribution in [0.3, 0.4) is 0 Å². The zero-order chi connectivity index (χ0) is 15.2. The van der Waals surface area contributed by atoms with Gasteiger partial charge in [0.1, 0.15) is 11.9 Å². The number of hydrogen-bond acceptors (Lipinski definition) is 3. The van der Waals surface area contributed by atoms with Crippen molar-refractivity contribution in [2.24, 2.45) is 5.73 Å². The van der Waals surface area contributed by atoms with Crippen molar-refractivity contribution in [2.45, 2.75) is 6.04 Å². The molecule has 0 unspecified atom stereocenters. The molecular formula is C15H14FN3O2. The maximum Gasteiger partial charge on any atom is 0.265 e. The van der Waals surface area contributed by atoms with E-state index in [1.807, 2.05) is 0 Å². The summed E-state index contributed by atoms with van der Waals surface area (Å²) in [6.07, 6.45) is 0. The van der Waals surface area contributed by atoms with Crippen molar-refractivity contribution in [3.05, 3.63) is 71.5 Å². The highest BCUT2D eigenvalue weighted by molar-refractivity contribution is 5.94. The Bertz CT molecular complexity index is 629. The quantitative estimate of drug-likeness (QED) is 0.724. The van der Waals surface area contributed by atoms with Crippen LogP contribution in [0.1, 0.15) is 22.0 Å². The van der Waals surface area contributed by atoms with Crippen LogP contribution in [0.5, 0.6) is 0 Å². The zero-order valence-electron chi connectivity index (χ0n) is 11.0. The summed E-state index contributed by atoms with van der Waals surface area (Å²) in [5, 5.41) is 0. The van der Waals surface area contributed by atoms with Crippen LogP contribution in [0, 0.1) is 5.82 Å². The summed E-state index contributed by atoms with van der Waals surface area (Å²) in [6, 6.07) is 12.9. The molecule has 0 fully saturated rings. The van der Waals surface area contributed by atoms with E-state index >= 15 is 0 Å². The molecule has 0 heterocycles. The molecule has 2 rings (SSSR count). The second kappa shape index (κ2) is 6.62. The molecule has 4 N–H and O–H groups in total. The van der Waals surface area contributed by atoms with Crippen LogP contribution < -0.4 is 16.6 Å². The smallest absolute Gasteiger partial charge is 0.265 e. The Kier molecular flexibility index (Phi) is 4.63. The summed E-state index contributed by atoms with van der Waals surface area (Å²) < 4.78 is 12.8. The first kappa shape index (κ1) is 14.7. The third-order valence-corrected chi connectivity index (χ3v) is 2.85. The molecule has 5 nitrogen and oxygen atoms in total. The fourth-order valence-electron chi connectivity index (χ4n) is 1.78. The molecule has 1 atom stereocenters. The standard InChI is InChI=1S/C15H14FN3O2/c16-12-8-6-11(7-9-12)15(21)19-18-13(14(17)20)10-4-2-1-3-5-10/h1-9,13,18H,(H2,17,20)(H,19,21)/t13-/m0/s1. The van der Waals surface area contributed by atoms with Crippen LogP contribution in [-0.2, 0) is 4.79 Å². The summed E-state index contributed by atoms with van der Waals surface area (Å²) in [5.41, 5.74) is 11.2. The molecule has 0 saturated carbocycles. The predicted molar refractivity (Wildman–Crippen MR) is 75.4 cm³/mol. The van der Waals surface area contributed by atoms with Crippen LogP contribution in [0.2, 0.25) is 0 Å². The van der Waals surface area contributed by atoms with Gasteiger partial charge in [-0.05, 0) is 29.8 Å². The lowest BCUT2D eigenvalue weighted by Gasteiger charge is -2.16. The van der Waals surface area contributed by atoms with Crippen molar-refractivity contribution in [1.82, 2.24) is 10.9 Å². The molecule has 0 aromatic heterocycles. The minimum atomic E-state index is -0.851. The second-order valence-corrected chi connectivity index (χ2v) is 4.35. The molecule has 2 aromatic carbocycles. The van der Waals surface area contributed by atoms with E-state index in [1.54, 1.807) is 30.3 Å². The fourth-order valence-corrected chi connectivity index (χ4v) is 1.78. The number of hydrogen-bond donors (Lipinski definition) is 3. The van der Waals surface area contributed by atoms with Crippen LogP contribution in [0.25, 0.3) is 0 Å². The van der Waals surface area contributed by atoms with E-state index in [9.17, 15) is 14.0 Å². The van der Waals surface area contributed by atoms with Gasteiger partial charge < -0.3 is 5.73 Å². The highest BCUT2D eigenvalue weighted by Crippen LogP contribution is 2.11. The molecule has 0 spiro atoms. The van der Waals surface area contributed by atoms with E-state index in [1.165, 1.54) is 24.3 Å². The lowest BCUT2D eigenvalue weighted by Crippen LogP contribution is -2.45. The van der Waals surface area contributed by atoms with E-state index in [-0.39, 0.29) is 5.56 Å². The summed E-state index contributed by atoms with van der Waals surface area (Å²) in [4.78, 5) is 23.3. The number of halogens is 1. The fraction of sp³-hybridized carbons (Fsp3) is 0.0667. The van der Waals surface area contributed by atoms with Gasteiger partial charge in [0, 0.05) is 5.56 Å². The summed E-state index contributed by atoms with van der Waals surface area (Å²) in [6.45, 7) is 0. The Morgan fingerprint density at radius 1 is 1.00 bits per heavy atom. The number of nitrogens with two attached hydrogens (primary N) is 1. The van der Waals surface area contributed by atoms with Gasteiger partial charge in [-0.25, -0.2) is 9.82 Å². The summed E-state index contributed by atoms with van der Waals surface area (Å²) >= 11 is 0. The lowest BCUT2D eigenvalue weighted by atomic mass is 10.1. The number of rotatable bonds is 5. The molecule has 2 aromatic rings. The number of amides is 2. The largest absolute Gasteiger partial charge is 0.368 e. The van der Waals surface area contributed by atoms with Gasteiger partial charge in [0.25, 0.3) is 5.91 Å². The minimum absolute atomic E-state index is 0.264. The summed E-state index contributed by atoms with van der Waals surface area (Å²) in [7, 11) is 0. The monoisotopic (exact) mass is 287 g/mol. The van der Waals surface area contributed by atoms with E-state index in [0.29, 0.717) is 5.56 Å². The number of hydrazine groups is 1. The van der Waals surface area contributed by atoms with Crippen molar-refractivity contribution < 1.29 is 14.0 Å². The third-order valence-electron chi connectivity index (χ3n) is 2.85. The Balaban J connectivity index is 2.04. The van der Waals surface area contributed by atoms with Crippen molar-refractivity contribution >= 4 is 11.8 Å². The first-order chi connectivity index (χ1) is 10.1. The van der Waals surface area contributed by atoms with Gasteiger partial charge in [-0.15, -0.1) is 0 Å². The average Bonchev–Trinajstić information content (AvgIpc) is 2.48. The van der Waals surface area contributed by atoms with Gasteiger partial charge in [0.2, 0.25) is 5.91 Å². The van der Waals surface area contributed by atoms with Gasteiger partial charge in [0.15, 0.2) is 0 Å². The summed E-state index contributed by atoms with van der Waals surface area (Å²) in [5.74, 6) is -1.54. The Hall–Kier alpha value is -2.73. The van der Waals surface area contributed by atoms with E-state index in [0.717, 1.165) is 0 Å². The van der Waals surface area contributed by atoms with Gasteiger partial charge in [-0.3, -0.25) is 15.0 Å². The zero-order valence-corrected chi connectivity index (χ0v) is 11.0. The SMILES string of the molecule is NC(=O)[C@@H](NNC(=O)c1ccc(F)cc1)c1ccccc1. The lowest BCUT2D eigenvalue weighted by molar-refractivity contribution is -0.120. The molecule has 6 heteroatoms. The van der Waals surface area contributed by atoms with Gasteiger partial charge in [0.05, 0.1) is 0 Å². The van der Waals surface area contributed by atoms with Crippen LogP contribution in [0.4, 0.5) is 4.39 Å². The van der Waals surface area contributed by atoms with E-state index in [4.69, 9.17) is 5.73 Å². The third kappa shape index (κ3) is 3.87. The predicted octanol–water partition coefficient (Wildman–Crippen LogP) is 1.29. The molecule has 108 valence electrons. The molecule has 0 radical (unpaired) electrons. The number of carbonyl (C=O) groups is 2. The van der Waals surface area contributed by atoms with E-state index < -0.39 is 23.7 Å². The Labute approximate surface area is 120 Å². The van der Waals surface area contributed by atoms with Crippen LogP contribution >= 0.6 is 0 Å². The molecule has 0 saturated heterocycles. The number of nitrogens with one attached hydrogen (secondary N) is 2. The maximum absolute atomic E-state index is 12.8. The molecule has 0 aliphatic heterocycles.